The molecule has 1 aromatic heterocycles. The Bertz CT molecular complexity index is 971. The van der Waals surface area contributed by atoms with Crippen molar-refractivity contribution in [2.75, 3.05) is 6.61 Å². The second-order valence-electron chi connectivity index (χ2n) is 9.22. The number of aromatic nitrogens is 2. The molecule has 1 saturated carbocycles. The molecule has 1 unspecified atom stereocenters. The Morgan fingerprint density at radius 3 is 2.55 bits per heavy atom. The van der Waals surface area contributed by atoms with Crippen LogP contribution in [0.25, 0.3) is 11.0 Å². The number of alkyl halides is 5. The zero-order valence-electron chi connectivity index (χ0n) is 18.7. The fraction of sp³-hybridized carbons (Fsp3) is 0.636. The summed E-state index contributed by atoms with van der Waals surface area (Å²) in [5.74, 6) is -0.981. The molecule has 0 bridgehead atoms. The average molecular weight is 476 g/mol. The van der Waals surface area contributed by atoms with E-state index in [9.17, 15) is 26.7 Å². The first kappa shape index (κ1) is 25.4. The molecule has 0 radical (unpaired) electrons. The highest BCUT2D eigenvalue weighted by atomic mass is 19.4. The Morgan fingerprint density at radius 1 is 1.30 bits per heavy atom. The minimum Gasteiger partial charge on any atom is -0.364 e. The average Bonchev–Trinajstić information content (AvgIpc) is 3.46. The second-order valence-corrected chi connectivity index (χ2v) is 9.22. The molecule has 2 aromatic rings. The van der Waals surface area contributed by atoms with Gasteiger partial charge in [0, 0.05) is 12.3 Å². The van der Waals surface area contributed by atoms with Gasteiger partial charge in [-0.1, -0.05) is 13.0 Å². The van der Waals surface area contributed by atoms with Gasteiger partial charge in [0.05, 0.1) is 29.7 Å². The molecule has 4 N–H and O–H groups in total. The molecule has 1 aliphatic rings. The zero-order valence-corrected chi connectivity index (χ0v) is 18.7. The van der Waals surface area contributed by atoms with E-state index >= 15 is 0 Å². The van der Waals surface area contributed by atoms with Crippen LogP contribution in [0.5, 0.6) is 0 Å². The molecule has 0 aliphatic heterocycles. The van der Waals surface area contributed by atoms with Crippen molar-refractivity contribution in [1.82, 2.24) is 15.3 Å². The maximum Gasteiger partial charge on any atom is 0.416 e. The summed E-state index contributed by atoms with van der Waals surface area (Å²) in [4.78, 5) is 19.7. The van der Waals surface area contributed by atoms with Crippen molar-refractivity contribution >= 4 is 16.9 Å². The van der Waals surface area contributed by atoms with Crippen LogP contribution in [0.3, 0.4) is 0 Å². The van der Waals surface area contributed by atoms with E-state index in [2.05, 4.69) is 15.3 Å². The Kier molecular flexibility index (Phi) is 7.33. The number of fused-ring (bicyclic) bond motifs is 1. The monoisotopic (exact) mass is 476 g/mol. The number of rotatable bonds is 10. The van der Waals surface area contributed by atoms with Gasteiger partial charge in [-0.15, -0.1) is 0 Å². The number of hydrogen-bond acceptors (Lipinski definition) is 4. The van der Waals surface area contributed by atoms with Gasteiger partial charge < -0.3 is 20.8 Å². The highest BCUT2D eigenvalue weighted by molar-refractivity contribution is 5.78. The zero-order chi connectivity index (χ0) is 24.6. The summed E-state index contributed by atoms with van der Waals surface area (Å²) < 4.78 is 69.5. The fourth-order valence-electron chi connectivity index (χ4n) is 3.39. The maximum absolute atomic E-state index is 13.0. The summed E-state index contributed by atoms with van der Waals surface area (Å²) in [6, 6.07) is 4.09. The lowest BCUT2D eigenvalue weighted by atomic mass is 10.0. The number of H-pyrrole nitrogens is 1. The third-order valence-corrected chi connectivity index (χ3v) is 5.89. The molecule has 33 heavy (non-hydrogen) atoms. The number of halogens is 5. The van der Waals surface area contributed by atoms with E-state index in [4.69, 9.17) is 10.5 Å². The predicted octanol–water partition coefficient (Wildman–Crippen LogP) is 4.78. The molecule has 6 nitrogen and oxygen atoms in total. The van der Waals surface area contributed by atoms with Gasteiger partial charge in [-0.2, -0.15) is 13.2 Å². The van der Waals surface area contributed by atoms with E-state index in [-0.39, 0.29) is 30.8 Å². The number of nitrogens with zero attached hydrogens (tertiary/aromatic N) is 1. The van der Waals surface area contributed by atoms with Crippen LogP contribution in [0.2, 0.25) is 0 Å². The Hall–Kier alpha value is -2.27. The molecular formula is C22H29F5N4O2. The minimum atomic E-state index is -4.54. The van der Waals surface area contributed by atoms with Crippen molar-refractivity contribution in [2.45, 2.75) is 70.3 Å². The van der Waals surface area contributed by atoms with Crippen molar-refractivity contribution in [2.24, 2.45) is 17.6 Å². The quantitative estimate of drug-likeness (QED) is 0.431. The molecular weight excluding hydrogens is 447 g/mol. The van der Waals surface area contributed by atoms with E-state index in [0.717, 1.165) is 32.3 Å². The molecule has 1 fully saturated rings. The van der Waals surface area contributed by atoms with Crippen LogP contribution in [0.15, 0.2) is 18.2 Å². The highest BCUT2D eigenvalue weighted by Gasteiger charge is 2.48. The number of aromatic amines is 1. The van der Waals surface area contributed by atoms with Gasteiger partial charge in [-0.05, 0) is 50.3 Å². The summed E-state index contributed by atoms with van der Waals surface area (Å²) in [6.07, 6.45) is -5.54. The van der Waals surface area contributed by atoms with Crippen molar-refractivity contribution in [3.05, 3.63) is 29.6 Å². The van der Waals surface area contributed by atoms with Gasteiger partial charge >= 0.3 is 6.18 Å². The van der Waals surface area contributed by atoms with E-state index < -0.39 is 36.1 Å². The van der Waals surface area contributed by atoms with E-state index in [1.165, 1.54) is 6.92 Å². The molecule has 1 heterocycles. The van der Waals surface area contributed by atoms with E-state index in [0.29, 0.717) is 11.0 Å². The largest absolute Gasteiger partial charge is 0.416 e. The summed E-state index contributed by atoms with van der Waals surface area (Å²) in [6.45, 7) is 2.80. The number of nitrogens with one attached hydrogen (secondary N) is 2. The van der Waals surface area contributed by atoms with Crippen LogP contribution in [-0.4, -0.2) is 40.7 Å². The molecule has 184 valence electrons. The first-order valence-corrected chi connectivity index (χ1v) is 10.8. The van der Waals surface area contributed by atoms with Crippen LogP contribution in [0.1, 0.15) is 63.5 Å². The molecule has 1 aromatic carbocycles. The van der Waals surface area contributed by atoms with Crippen LogP contribution >= 0.6 is 0 Å². The number of benzene rings is 1. The molecule has 0 saturated heterocycles. The van der Waals surface area contributed by atoms with Crippen molar-refractivity contribution in [1.29, 1.82) is 0 Å². The second kappa shape index (κ2) is 9.54. The molecule has 1 amide bonds. The lowest BCUT2D eigenvalue weighted by molar-refractivity contribution is -0.264. The van der Waals surface area contributed by atoms with Crippen LogP contribution in [-0.2, 0) is 9.53 Å². The van der Waals surface area contributed by atoms with E-state index in [1.807, 2.05) is 0 Å². The minimum absolute atomic E-state index is 0.215. The predicted molar refractivity (Wildman–Crippen MR) is 113 cm³/mol. The van der Waals surface area contributed by atoms with Gasteiger partial charge in [0.2, 0.25) is 12.3 Å². The Morgan fingerprint density at radius 2 is 1.97 bits per heavy atom. The lowest BCUT2D eigenvalue weighted by Gasteiger charge is -2.28. The van der Waals surface area contributed by atoms with Crippen LogP contribution in [0, 0.1) is 11.8 Å². The van der Waals surface area contributed by atoms with Crippen LogP contribution < -0.4 is 11.1 Å². The summed E-state index contributed by atoms with van der Waals surface area (Å²) in [7, 11) is 0. The van der Waals surface area contributed by atoms with Crippen molar-refractivity contribution < 1.29 is 31.5 Å². The van der Waals surface area contributed by atoms with Gasteiger partial charge in [0.15, 0.2) is 5.60 Å². The Balaban J connectivity index is 1.72. The Labute approximate surface area is 188 Å². The van der Waals surface area contributed by atoms with E-state index in [1.54, 1.807) is 18.2 Å². The summed E-state index contributed by atoms with van der Waals surface area (Å²) in [5.41, 5.74) is 5.60. The standard InChI is InChI=1S/C22H29F5N4O2/c1-11(19(23)24)8-17(32)31-18(12-4-5-12)13-6-7-15-16(9-13)30-20(29-15)14(28)10-33-21(2,3)22(25,26)27/h6-7,9,11-12,14,18-19H,4-5,8,10,28H2,1-3H3,(H,29,30)(H,31,32)/t11?,14-,18+/m0/s1. The van der Waals surface area contributed by atoms with Crippen molar-refractivity contribution in [3.8, 4) is 0 Å². The smallest absolute Gasteiger partial charge is 0.364 e. The number of amides is 1. The van der Waals surface area contributed by atoms with Gasteiger partial charge in [-0.3, -0.25) is 4.79 Å². The fourth-order valence-corrected chi connectivity index (χ4v) is 3.39. The summed E-state index contributed by atoms with van der Waals surface area (Å²) in [5, 5.41) is 2.86. The van der Waals surface area contributed by atoms with Gasteiger partial charge in [-0.25, -0.2) is 13.8 Å². The third-order valence-electron chi connectivity index (χ3n) is 5.89. The van der Waals surface area contributed by atoms with Gasteiger partial charge in [0.25, 0.3) is 0 Å². The van der Waals surface area contributed by atoms with Crippen molar-refractivity contribution in [3.63, 3.8) is 0 Å². The molecule has 1 aliphatic carbocycles. The SMILES string of the molecule is CC(CC(=O)N[C@@H](c1ccc2[nH]c([C@@H](N)COC(C)(C)C(F)(F)F)nc2c1)C1CC1)C(F)F. The number of imidazole rings is 1. The van der Waals surface area contributed by atoms with Gasteiger partial charge in [0.1, 0.15) is 5.82 Å². The number of hydrogen-bond donors (Lipinski definition) is 3. The molecule has 3 rings (SSSR count). The molecule has 0 spiro atoms. The molecule has 11 heteroatoms. The number of carbonyl (C=O) groups is 1. The number of nitrogens with two attached hydrogens (primary N) is 1. The normalized spacial score (nSPS) is 17.9. The highest BCUT2D eigenvalue weighted by Crippen LogP contribution is 2.41. The topological polar surface area (TPSA) is 93.0 Å². The van der Waals surface area contributed by atoms with Crippen LogP contribution in [0.4, 0.5) is 22.0 Å². The maximum atomic E-state index is 13.0. The third kappa shape index (κ3) is 6.20. The summed E-state index contributed by atoms with van der Waals surface area (Å²) >= 11 is 0. The first-order valence-electron chi connectivity index (χ1n) is 10.8. The lowest BCUT2D eigenvalue weighted by Crippen LogP contribution is -2.43. The number of ether oxygens (including phenoxy) is 1. The number of carbonyl (C=O) groups excluding carboxylic acids is 1. The molecule has 3 atom stereocenters. The first-order chi connectivity index (χ1) is 15.3.